The molecule has 0 fully saturated rings. The molecule has 0 spiro atoms. The minimum absolute atomic E-state index is 0.127. The summed E-state index contributed by atoms with van der Waals surface area (Å²) < 4.78 is 51.1. The van der Waals surface area contributed by atoms with Crippen molar-refractivity contribution in [3.8, 4) is 5.75 Å². The summed E-state index contributed by atoms with van der Waals surface area (Å²) in [4.78, 5) is 0. The van der Waals surface area contributed by atoms with Crippen molar-refractivity contribution < 1.29 is 32.9 Å². The lowest BCUT2D eigenvalue weighted by Crippen LogP contribution is -2.50. The molecule has 0 amide bonds. The number of hydrogen-bond acceptors (Lipinski definition) is 5. The second-order valence-corrected chi connectivity index (χ2v) is 8.35. The number of hydrogen-bond donors (Lipinski definition) is 3. The molecule has 0 heterocycles. The molecule has 1 unspecified atom stereocenters. The van der Waals surface area contributed by atoms with E-state index in [-0.39, 0.29) is 31.8 Å². The number of alkyl halides is 3. The highest BCUT2D eigenvalue weighted by Gasteiger charge is 2.35. The van der Waals surface area contributed by atoms with Gasteiger partial charge in [0, 0.05) is 0 Å². The molecule has 4 N–H and O–H groups in total. The number of ether oxygens (including phenoxy) is 2. The number of benzene rings is 1. The first-order chi connectivity index (χ1) is 13.9. The van der Waals surface area contributed by atoms with Crippen LogP contribution in [0.3, 0.4) is 0 Å². The molecule has 0 aromatic heterocycles. The first-order valence-corrected chi connectivity index (χ1v) is 10.5. The molecule has 0 bridgehead atoms. The van der Waals surface area contributed by atoms with Gasteiger partial charge in [0.1, 0.15) is 5.75 Å². The molecule has 1 atom stereocenters. The Morgan fingerprint density at radius 1 is 1.07 bits per heavy atom. The monoisotopic (exact) mass is 435 g/mol. The highest BCUT2D eigenvalue weighted by molar-refractivity contribution is 5.39. The summed E-state index contributed by atoms with van der Waals surface area (Å²) >= 11 is 0. The zero-order chi connectivity index (χ0) is 22.8. The quantitative estimate of drug-likeness (QED) is 0.298. The van der Waals surface area contributed by atoms with Gasteiger partial charge in [-0.2, -0.15) is 13.2 Å². The van der Waals surface area contributed by atoms with E-state index in [0.29, 0.717) is 12.0 Å². The van der Waals surface area contributed by atoms with Crippen LogP contribution in [-0.4, -0.2) is 41.4 Å². The number of rotatable bonds is 14. The van der Waals surface area contributed by atoms with E-state index in [1.807, 2.05) is 0 Å². The molecule has 30 heavy (non-hydrogen) atoms. The van der Waals surface area contributed by atoms with E-state index in [4.69, 9.17) is 15.2 Å². The smallest absolute Gasteiger partial charge is 0.419 e. The standard InChI is InChI=1S/C22H36F3NO4/c1-4-5-6-7-8-13-29-19-10-9-17(14-18(19)22(23,24)25)11-12-21(26,15-27)16-30-20(2,3)28/h9-10,14,27-28H,4-8,11-13,15-16,26H2,1-3H3. The zero-order valence-corrected chi connectivity index (χ0v) is 18.2. The summed E-state index contributed by atoms with van der Waals surface area (Å²) in [6.45, 7) is 4.67. The maximum atomic E-state index is 13.5. The Balaban J connectivity index is 2.77. The van der Waals surface area contributed by atoms with Crippen LogP contribution in [0.4, 0.5) is 13.2 Å². The minimum Gasteiger partial charge on any atom is -0.493 e. The molecule has 5 nitrogen and oxygen atoms in total. The lowest BCUT2D eigenvalue weighted by atomic mass is 9.93. The van der Waals surface area contributed by atoms with Crippen LogP contribution in [-0.2, 0) is 17.3 Å². The van der Waals surface area contributed by atoms with Gasteiger partial charge in [0.2, 0.25) is 0 Å². The Kier molecular flexibility index (Phi) is 10.6. The number of unbranched alkanes of at least 4 members (excludes halogenated alkanes) is 4. The van der Waals surface area contributed by atoms with E-state index < -0.39 is 29.7 Å². The van der Waals surface area contributed by atoms with Crippen LogP contribution in [0.5, 0.6) is 5.75 Å². The van der Waals surface area contributed by atoms with Gasteiger partial charge in [0.25, 0.3) is 0 Å². The second kappa shape index (κ2) is 11.9. The van der Waals surface area contributed by atoms with E-state index in [0.717, 1.165) is 31.7 Å². The third-order valence-electron chi connectivity index (χ3n) is 4.79. The molecule has 1 aromatic carbocycles. The van der Waals surface area contributed by atoms with Crippen molar-refractivity contribution in [2.24, 2.45) is 5.73 Å². The number of aliphatic hydroxyl groups is 2. The first-order valence-electron chi connectivity index (χ1n) is 10.5. The highest BCUT2D eigenvalue weighted by atomic mass is 19.4. The molecule has 0 radical (unpaired) electrons. The fourth-order valence-corrected chi connectivity index (χ4v) is 2.88. The predicted molar refractivity (Wildman–Crippen MR) is 110 cm³/mol. The maximum absolute atomic E-state index is 13.5. The summed E-state index contributed by atoms with van der Waals surface area (Å²) in [5.41, 5.74) is 4.54. The third-order valence-corrected chi connectivity index (χ3v) is 4.79. The van der Waals surface area contributed by atoms with E-state index in [1.165, 1.54) is 19.9 Å². The summed E-state index contributed by atoms with van der Waals surface area (Å²) in [5.74, 6) is -1.59. The molecule has 0 aliphatic heterocycles. The lowest BCUT2D eigenvalue weighted by Gasteiger charge is -2.30. The zero-order valence-electron chi connectivity index (χ0n) is 18.2. The van der Waals surface area contributed by atoms with Crippen molar-refractivity contribution in [2.45, 2.75) is 83.2 Å². The molecule has 0 aliphatic carbocycles. The average molecular weight is 436 g/mol. The summed E-state index contributed by atoms with van der Waals surface area (Å²) in [6.07, 6.45) is 0.778. The molecular formula is C22H36F3NO4. The van der Waals surface area contributed by atoms with Gasteiger partial charge in [-0.1, -0.05) is 38.7 Å². The van der Waals surface area contributed by atoms with Gasteiger partial charge in [-0.05, 0) is 50.8 Å². The van der Waals surface area contributed by atoms with Crippen molar-refractivity contribution in [3.63, 3.8) is 0 Å². The Morgan fingerprint density at radius 3 is 2.30 bits per heavy atom. The normalized spacial score (nSPS) is 14.6. The van der Waals surface area contributed by atoms with Gasteiger partial charge in [-0.15, -0.1) is 0 Å². The van der Waals surface area contributed by atoms with Crippen molar-refractivity contribution >= 4 is 0 Å². The number of aliphatic hydroxyl groups excluding tert-OH is 1. The first kappa shape index (κ1) is 26.7. The predicted octanol–water partition coefficient (Wildman–Crippen LogP) is 4.42. The van der Waals surface area contributed by atoms with Crippen molar-refractivity contribution in [1.29, 1.82) is 0 Å². The average Bonchev–Trinajstić information content (AvgIpc) is 2.66. The largest absolute Gasteiger partial charge is 0.493 e. The van der Waals surface area contributed by atoms with E-state index in [9.17, 15) is 23.4 Å². The van der Waals surface area contributed by atoms with Gasteiger partial charge in [-0.3, -0.25) is 0 Å². The van der Waals surface area contributed by atoms with E-state index in [2.05, 4.69) is 6.92 Å². The summed E-state index contributed by atoms with van der Waals surface area (Å²) in [7, 11) is 0. The van der Waals surface area contributed by atoms with Gasteiger partial charge >= 0.3 is 6.18 Å². The maximum Gasteiger partial charge on any atom is 0.419 e. The molecule has 8 heteroatoms. The fraction of sp³-hybridized carbons (Fsp3) is 0.727. The SMILES string of the molecule is CCCCCCCOc1ccc(CCC(N)(CO)COC(C)(C)O)cc1C(F)(F)F. The van der Waals surface area contributed by atoms with Crippen LogP contribution < -0.4 is 10.5 Å². The highest BCUT2D eigenvalue weighted by Crippen LogP contribution is 2.37. The Labute approximate surface area is 177 Å². The molecule has 0 aliphatic rings. The molecule has 1 aromatic rings. The molecule has 0 saturated carbocycles. The Morgan fingerprint density at radius 2 is 1.73 bits per heavy atom. The molecule has 1 rings (SSSR count). The van der Waals surface area contributed by atoms with Crippen LogP contribution in [0, 0.1) is 0 Å². The van der Waals surface area contributed by atoms with Gasteiger partial charge in [0.05, 0.1) is 30.9 Å². The van der Waals surface area contributed by atoms with Crippen LogP contribution in [0.15, 0.2) is 18.2 Å². The third kappa shape index (κ3) is 10.1. The van der Waals surface area contributed by atoms with Gasteiger partial charge in [0.15, 0.2) is 5.79 Å². The number of aryl methyl sites for hydroxylation is 1. The van der Waals surface area contributed by atoms with E-state index >= 15 is 0 Å². The number of halogens is 3. The second-order valence-electron chi connectivity index (χ2n) is 8.35. The Hall–Kier alpha value is -1.35. The number of nitrogens with two attached hydrogens (primary N) is 1. The molecule has 174 valence electrons. The van der Waals surface area contributed by atoms with Gasteiger partial charge < -0.3 is 25.4 Å². The Bertz CT molecular complexity index is 632. The van der Waals surface area contributed by atoms with Crippen LogP contribution in [0.2, 0.25) is 0 Å². The van der Waals surface area contributed by atoms with Crippen molar-refractivity contribution in [2.75, 3.05) is 19.8 Å². The van der Waals surface area contributed by atoms with Crippen LogP contribution in [0.25, 0.3) is 0 Å². The summed E-state index contributed by atoms with van der Waals surface area (Å²) in [5, 5.41) is 19.2. The van der Waals surface area contributed by atoms with Crippen LogP contribution in [0.1, 0.15) is 70.4 Å². The van der Waals surface area contributed by atoms with Crippen molar-refractivity contribution in [1.82, 2.24) is 0 Å². The van der Waals surface area contributed by atoms with Gasteiger partial charge in [-0.25, -0.2) is 0 Å². The topological polar surface area (TPSA) is 84.9 Å². The lowest BCUT2D eigenvalue weighted by molar-refractivity contribution is -0.188. The molecular weight excluding hydrogens is 399 g/mol. The van der Waals surface area contributed by atoms with Crippen LogP contribution >= 0.6 is 0 Å². The molecule has 0 saturated heterocycles. The fourth-order valence-electron chi connectivity index (χ4n) is 2.88. The minimum atomic E-state index is -4.53. The van der Waals surface area contributed by atoms with E-state index in [1.54, 1.807) is 6.07 Å². The van der Waals surface area contributed by atoms with Crippen molar-refractivity contribution in [3.05, 3.63) is 29.3 Å². The summed E-state index contributed by atoms with van der Waals surface area (Å²) in [6, 6.07) is 3.99.